The summed E-state index contributed by atoms with van der Waals surface area (Å²) in [5.74, 6) is 0.0264. The number of aromatic amines is 1. The van der Waals surface area contributed by atoms with Gasteiger partial charge in [0.15, 0.2) is 0 Å². The standard InChI is InChI=1S/C20H12F2N4.ClH/c21-14-4-5-16-17(9-14)25-20(24-16)13-3-1-2-12(8-13)18-11-26-7-6-15(22)10-19(26)23-18;/h1-11H,(H,24,25);1H. The Morgan fingerprint density at radius 1 is 0.852 bits per heavy atom. The average molecular weight is 383 g/mol. The Bertz CT molecular complexity index is 1180. The summed E-state index contributed by atoms with van der Waals surface area (Å²) in [6.45, 7) is 0. The number of benzene rings is 2. The number of fused-ring (bicyclic) bond motifs is 2. The van der Waals surface area contributed by atoms with E-state index in [1.54, 1.807) is 16.7 Å². The Balaban J connectivity index is 0.00000180. The number of hydrogen-bond donors (Lipinski definition) is 1. The van der Waals surface area contributed by atoms with Gasteiger partial charge >= 0.3 is 0 Å². The van der Waals surface area contributed by atoms with Crippen LogP contribution < -0.4 is 0 Å². The first-order valence-corrected chi connectivity index (χ1v) is 8.06. The molecule has 3 heterocycles. The van der Waals surface area contributed by atoms with Gasteiger partial charge < -0.3 is 9.38 Å². The van der Waals surface area contributed by atoms with Gasteiger partial charge in [0.05, 0.1) is 16.7 Å². The minimum Gasteiger partial charge on any atom is -0.338 e. The lowest BCUT2D eigenvalue weighted by molar-refractivity contribution is 0.626. The fourth-order valence-corrected chi connectivity index (χ4v) is 3.04. The first-order valence-electron chi connectivity index (χ1n) is 8.06. The lowest BCUT2D eigenvalue weighted by Crippen LogP contribution is -1.83. The zero-order chi connectivity index (χ0) is 17.7. The second-order valence-corrected chi connectivity index (χ2v) is 6.06. The van der Waals surface area contributed by atoms with E-state index in [4.69, 9.17) is 0 Å². The van der Waals surface area contributed by atoms with Gasteiger partial charge in [-0.2, -0.15) is 0 Å². The molecule has 0 aliphatic heterocycles. The molecule has 1 N–H and O–H groups in total. The molecule has 0 aliphatic carbocycles. The average Bonchev–Trinajstić information content (AvgIpc) is 3.25. The number of hydrogen-bond acceptors (Lipinski definition) is 2. The molecule has 7 heteroatoms. The third kappa shape index (κ3) is 3.04. The normalized spacial score (nSPS) is 11.0. The molecule has 5 rings (SSSR count). The second-order valence-electron chi connectivity index (χ2n) is 6.06. The number of halogens is 3. The van der Waals surface area contributed by atoms with Crippen LogP contribution in [0.15, 0.2) is 67.0 Å². The van der Waals surface area contributed by atoms with E-state index >= 15 is 0 Å². The van der Waals surface area contributed by atoms with E-state index in [-0.39, 0.29) is 24.0 Å². The smallest absolute Gasteiger partial charge is 0.140 e. The highest BCUT2D eigenvalue weighted by atomic mass is 35.5. The fraction of sp³-hybridized carbons (Fsp3) is 0. The highest BCUT2D eigenvalue weighted by Crippen LogP contribution is 2.26. The van der Waals surface area contributed by atoms with Crippen LogP contribution in [0.1, 0.15) is 0 Å². The molecule has 0 saturated carbocycles. The minimum absolute atomic E-state index is 0. The second kappa shape index (κ2) is 6.48. The first-order chi connectivity index (χ1) is 12.7. The number of nitrogens with one attached hydrogen (secondary N) is 1. The molecule has 27 heavy (non-hydrogen) atoms. The zero-order valence-electron chi connectivity index (χ0n) is 13.9. The van der Waals surface area contributed by atoms with Crippen LogP contribution in [-0.4, -0.2) is 19.4 Å². The van der Waals surface area contributed by atoms with Crippen molar-refractivity contribution in [2.24, 2.45) is 0 Å². The molecule has 4 nitrogen and oxygen atoms in total. The molecular weight excluding hydrogens is 370 g/mol. The maximum atomic E-state index is 13.4. The van der Waals surface area contributed by atoms with Crippen molar-refractivity contribution >= 4 is 29.1 Å². The van der Waals surface area contributed by atoms with Gasteiger partial charge in [0, 0.05) is 29.6 Å². The summed E-state index contributed by atoms with van der Waals surface area (Å²) in [7, 11) is 0. The van der Waals surface area contributed by atoms with Gasteiger partial charge in [0.1, 0.15) is 23.1 Å². The Morgan fingerprint density at radius 3 is 2.56 bits per heavy atom. The highest BCUT2D eigenvalue weighted by molar-refractivity contribution is 5.85. The summed E-state index contributed by atoms with van der Waals surface area (Å²) in [6.07, 6.45) is 3.49. The molecule has 0 unspecified atom stereocenters. The number of nitrogens with zero attached hydrogens (tertiary/aromatic N) is 3. The van der Waals surface area contributed by atoms with Crippen LogP contribution in [0.2, 0.25) is 0 Å². The van der Waals surface area contributed by atoms with E-state index in [0.29, 0.717) is 22.5 Å². The van der Waals surface area contributed by atoms with Crippen LogP contribution in [0.4, 0.5) is 8.78 Å². The van der Waals surface area contributed by atoms with E-state index in [1.807, 2.05) is 30.5 Å². The zero-order valence-corrected chi connectivity index (χ0v) is 14.7. The number of imidazole rings is 2. The molecule has 0 fully saturated rings. The quantitative estimate of drug-likeness (QED) is 0.453. The Hall–Kier alpha value is -3.25. The van der Waals surface area contributed by atoms with Crippen molar-refractivity contribution in [1.82, 2.24) is 19.4 Å². The highest BCUT2D eigenvalue weighted by Gasteiger charge is 2.10. The number of pyridine rings is 1. The lowest BCUT2D eigenvalue weighted by atomic mass is 10.1. The fourth-order valence-electron chi connectivity index (χ4n) is 3.04. The van der Waals surface area contributed by atoms with Crippen molar-refractivity contribution < 1.29 is 8.78 Å². The van der Waals surface area contributed by atoms with Crippen molar-refractivity contribution in [3.8, 4) is 22.6 Å². The third-order valence-electron chi connectivity index (χ3n) is 4.30. The van der Waals surface area contributed by atoms with Crippen molar-refractivity contribution in [3.63, 3.8) is 0 Å². The lowest BCUT2D eigenvalue weighted by Gasteiger charge is -2.00. The van der Waals surface area contributed by atoms with Crippen LogP contribution in [0, 0.1) is 11.6 Å². The van der Waals surface area contributed by atoms with Crippen LogP contribution in [0.5, 0.6) is 0 Å². The minimum atomic E-state index is -0.321. The molecule has 0 bridgehead atoms. The number of H-pyrrole nitrogens is 1. The Morgan fingerprint density at radius 2 is 1.67 bits per heavy atom. The van der Waals surface area contributed by atoms with E-state index in [9.17, 15) is 8.78 Å². The van der Waals surface area contributed by atoms with Gasteiger partial charge in [-0.3, -0.25) is 0 Å². The third-order valence-corrected chi connectivity index (χ3v) is 4.30. The maximum Gasteiger partial charge on any atom is 0.140 e. The molecule has 0 radical (unpaired) electrons. The monoisotopic (exact) mass is 382 g/mol. The molecule has 0 spiro atoms. The predicted molar refractivity (Wildman–Crippen MR) is 103 cm³/mol. The van der Waals surface area contributed by atoms with E-state index in [1.165, 1.54) is 24.3 Å². The van der Waals surface area contributed by atoms with Crippen molar-refractivity contribution in [3.05, 3.63) is 78.6 Å². The molecule has 3 aromatic heterocycles. The summed E-state index contributed by atoms with van der Waals surface area (Å²) < 4.78 is 28.5. The molecule has 5 aromatic rings. The molecule has 2 aromatic carbocycles. The van der Waals surface area contributed by atoms with E-state index in [2.05, 4.69) is 15.0 Å². The van der Waals surface area contributed by atoms with E-state index in [0.717, 1.165) is 16.8 Å². The summed E-state index contributed by atoms with van der Waals surface area (Å²) in [5, 5.41) is 0. The Labute approximate surface area is 158 Å². The van der Waals surface area contributed by atoms with Gasteiger partial charge in [-0.15, -0.1) is 12.4 Å². The van der Waals surface area contributed by atoms with E-state index < -0.39 is 0 Å². The summed E-state index contributed by atoms with van der Waals surface area (Å²) in [5.41, 5.74) is 4.38. The summed E-state index contributed by atoms with van der Waals surface area (Å²) >= 11 is 0. The van der Waals surface area contributed by atoms with Crippen LogP contribution in [-0.2, 0) is 0 Å². The van der Waals surface area contributed by atoms with Gasteiger partial charge in [-0.25, -0.2) is 18.7 Å². The van der Waals surface area contributed by atoms with Gasteiger partial charge in [0.25, 0.3) is 0 Å². The Kier molecular flexibility index (Phi) is 4.12. The van der Waals surface area contributed by atoms with Crippen molar-refractivity contribution in [2.75, 3.05) is 0 Å². The molecule has 0 saturated heterocycles. The summed E-state index contributed by atoms with van der Waals surface area (Å²) in [4.78, 5) is 12.1. The number of rotatable bonds is 2. The van der Waals surface area contributed by atoms with Crippen LogP contribution >= 0.6 is 12.4 Å². The van der Waals surface area contributed by atoms with Crippen molar-refractivity contribution in [2.45, 2.75) is 0 Å². The molecule has 0 atom stereocenters. The van der Waals surface area contributed by atoms with Crippen molar-refractivity contribution in [1.29, 1.82) is 0 Å². The van der Waals surface area contributed by atoms with Gasteiger partial charge in [0.2, 0.25) is 0 Å². The maximum absolute atomic E-state index is 13.4. The predicted octanol–water partition coefficient (Wildman–Crippen LogP) is 5.24. The largest absolute Gasteiger partial charge is 0.338 e. The topological polar surface area (TPSA) is 46.0 Å². The van der Waals surface area contributed by atoms with Crippen LogP contribution in [0.25, 0.3) is 39.3 Å². The molecular formula is C20H13ClF2N4. The molecule has 0 amide bonds. The molecule has 134 valence electrons. The van der Waals surface area contributed by atoms with Gasteiger partial charge in [-0.1, -0.05) is 18.2 Å². The first kappa shape index (κ1) is 17.2. The van der Waals surface area contributed by atoms with Crippen LogP contribution in [0.3, 0.4) is 0 Å². The summed E-state index contributed by atoms with van der Waals surface area (Å²) in [6, 6.07) is 15.0. The van der Waals surface area contributed by atoms with Gasteiger partial charge in [-0.05, 0) is 30.3 Å². The number of aromatic nitrogens is 4. The molecule has 0 aliphatic rings. The SMILES string of the molecule is Cl.Fc1ccc2nc(-c3cccc(-c4cn5ccc(F)cc5n4)c3)[nH]c2c1.